The molecule has 0 fully saturated rings. The van der Waals surface area contributed by atoms with Gasteiger partial charge in [-0.15, -0.1) is 0 Å². The van der Waals surface area contributed by atoms with E-state index in [1.165, 1.54) is 5.56 Å². The van der Waals surface area contributed by atoms with Crippen molar-refractivity contribution in [3.8, 4) is 0 Å². The van der Waals surface area contributed by atoms with Crippen LogP contribution < -0.4 is 0 Å². The summed E-state index contributed by atoms with van der Waals surface area (Å²) < 4.78 is 0. The molecule has 0 N–H and O–H groups in total. The van der Waals surface area contributed by atoms with Crippen molar-refractivity contribution < 1.29 is 0 Å². The summed E-state index contributed by atoms with van der Waals surface area (Å²) in [5.74, 6) is 0.746. The zero-order valence-electron chi connectivity index (χ0n) is 10.7. The standard InChI is InChI=1S/C13H19N3/c1-8(2)11-6-10(5)7-12(9(3)4)13(11)15-16-14/h6-9H,1-5H3. The Hall–Kier alpha value is -1.47. The lowest BCUT2D eigenvalue weighted by Crippen LogP contribution is -1.96. The van der Waals surface area contributed by atoms with Crippen LogP contribution >= 0.6 is 0 Å². The first kappa shape index (κ1) is 12.6. The average Bonchev–Trinajstić information content (AvgIpc) is 2.19. The number of rotatable bonds is 3. The molecule has 0 aliphatic rings. The lowest BCUT2D eigenvalue weighted by atomic mass is 9.91. The van der Waals surface area contributed by atoms with Gasteiger partial charge in [-0.3, -0.25) is 0 Å². The maximum Gasteiger partial charge on any atom is 0.0444 e. The van der Waals surface area contributed by atoms with E-state index in [0.717, 1.165) is 16.8 Å². The molecular weight excluding hydrogens is 198 g/mol. The van der Waals surface area contributed by atoms with E-state index in [2.05, 4.69) is 56.8 Å². The SMILES string of the molecule is Cc1cc(C(C)C)c(N=[N+]=[N-])c(C(C)C)c1. The van der Waals surface area contributed by atoms with E-state index in [1.807, 2.05) is 0 Å². The Labute approximate surface area is 97.1 Å². The lowest BCUT2D eigenvalue weighted by Gasteiger charge is -2.17. The van der Waals surface area contributed by atoms with Crippen LogP contribution in [0, 0.1) is 6.92 Å². The second-order valence-corrected chi connectivity index (χ2v) is 4.79. The van der Waals surface area contributed by atoms with Crippen LogP contribution in [0.4, 0.5) is 5.69 Å². The molecule has 1 rings (SSSR count). The number of hydrogen-bond acceptors (Lipinski definition) is 1. The Morgan fingerprint density at radius 2 is 1.50 bits per heavy atom. The number of nitrogens with zero attached hydrogens (tertiary/aromatic N) is 3. The quantitative estimate of drug-likeness (QED) is 0.380. The Morgan fingerprint density at radius 1 is 1.06 bits per heavy atom. The van der Waals surface area contributed by atoms with Gasteiger partial charge in [-0.2, -0.15) is 0 Å². The highest BCUT2D eigenvalue weighted by atomic mass is 15.1. The highest BCUT2D eigenvalue weighted by Gasteiger charge is 2.13. The molecular formula is C13H19N3. The van der Waals surface area contributed by atoms with E-state index in [-0.39, 0.29) is 0 Å². The van der Waals surface area contributed by atoms with Gasteiger partial charge in [-0.1, -0.05) is 50.5 Å². The number of benzene rings is 1. The third kappa shape index (κ3) is 2.56. The summed E-state index contributed by atoms with van der Waals surface area (Å²) in [6.07, 6.45) is 0. The maximum absolute atomic E-state index is 8.66. The van der Waals surface area contributed by atoms with Crippen LogP contribution in [0.3, 0.4) is 0 Å². The van der Waals surface area contributed by atoms with Gasteiger partial charge in [0.05, 0.1) is 0 Å². The van der Waals surface area contributed by atoms with E-state index >= 15 is 0 Å². The molecule has 1 aromatic rings. The molecule has 16 heavy (non-hydrogen) atoms. The molecule has 0 bridgehead atoms. The lowest BCUT2D eigenvalue weighted by molar-refractivity contribution is 0.831. The van der Waals surface area contributed by atoms with E-state index in [4.69, 9.17) is 5.53 Å². The fourth-order valence-corrected chi connectivity index (χ4v) is 1.88. The summed E-state index contributed by atoms with van der Waals surface area (Å²) in [7, 11) is 0. The van der Waals surface area contributed by atoms with Gasteiger partial charge in [0.2, 0.25) is 0 Å². The summed E-state index contributed by atoms with van der Waals surface area (Å²) in [6.45, 7) is 10.6. The van der Waals surface area contributed by atoms with Gasteiger partial charge < -0.3 is 0 Å². The molecule has 0 aliphatic carbocycles. The van der Waals surface area contributed by atoms with Crippen LogP contribution in [0.2, 0.25) is 0 Å². The molecule has 3 nitrogen and oxygen atoms in total. The summed E-state index contributed by atoms with van der Waals surface area (Å²) >= 11 is 0. The second kappa shape index (κ2) is 5.04. The van der Waals surface area contributed by atoms with Crippen molar-refractivity contribution in [3.63, 3.8) is 0 Å². The third-order valence-corrected chi connectivity index (χ3v) is 2.70. The first-order valence-corrected chi connectivity index (χ1v) is 5.67. The smallest absolute Gasteiger partial charge is 0.0444 e. The monoisotopic (exact) mass is 217 g/mol. The van der Waals surface area contributed by atoms with Crippen molar-refractivity contribution in [2.45, 2.75) is 46.5 Å². The first-order valence-electron chi connectivity index (χ1n) is 5.67. The zero-order valence-corrected chi connectivity index (χ0v) is 10.7. The topological polar surface area (TPSA) is 48.8 Å². The summed E-state index contributed by atoms with van der Waals surface area (Å²) in [4.78, 5) is 2.95. The molecule has 0 atom stereocenters. The van der Waals surface area contributed by atoms with E-state index < -0.39 is 0 Å². The predicted octanol–water partition coefficient (Wildman–Crippen LogP) is 5.18. The molecule has 0 aromatic heterocycles. The third-order valence-electron chi connectivity index (χ3n) is 2.70. The Kier molecular flexibility index (Phi) is 3.97. The molecule has 0 saturated carbocycles. The van der Waals surface area contributed by atoms with Crippen molar-refractivity contribution in [1.29, 1.82) is 0 Å². The van der Waals surface area contributed by atoms with Gasteiger partial charge >= 0.3 is 0 Å². The molecule has 0 spiro atoms. The largest absolute Gasteiger partial charge is 0.0602 e. The van der Waals surface area contributed by atoms with E-state index in [0.29, 0.717) is 11.8 Å². The minimum Gasteiger partial charge on any atom is -0.0602 e. The highest BCUT2D eigenvalue weighted by molar-refractivity contribution is 5.57. The van der Waals surface area contributed by atoms with Gasteiger partial charge in [0.1, 0.15) is 0 Å². The first-order chi connectivity index (χ1) is 7.47. The maximum atomic E-state index is 8.66. The van der Waals surface area contributed by atoms with Crippen molar-refractivity contribution >= 4 is 5.69 Å². The fraction of sp³-hybridized carbons (Fsp3) is 0.538. The van der Waals surface area contributed by atoms with Crippen LogP contribution in [0.5, 0.6) is 0 Å². The number of azide groups is 1. The van der Waals surface area contributed by atoms with Crippen LogP contribution in [0.1, 0.15) is 56.2 Å². The van der Waals surface area contributed by atoms with Gasteiger partial charge in [0.15, 0.2) is 0 Å². The van der Waals surface area contributed by atoms with Crippen molar-refractivity contribution in [1.82, 2.24) is 0 Å². The summed E-state index contributed by atoms with van der Waals surface area (Å²) in [5.41, 5.74) is 13.0. The molecule has 0 unspecified atom stereocenters. The molecule has 3 heteroatoms. The Morgan fingerprint density at radius 3 is 1.81 bits per heavy atom. The molecule has 0 saturated heterocycles. The van der Waals surface area contributed by atoms with Crippen LogP contribution in [0.25, 0.3) is 10.4 Å². The summed E-state index contributed by atoms with van der Waals surface area (Å²) in [5, 5.41) is 3.87. The van der Waals surface area contributed by atoms with Gasteiger partial charge in [-0.25, -0.2) is 0 Å². The van der Waals surface area contributed by atoms with Crippen LogP contribution in [0.15, 0.2) is 17.2 Å². The van der Waals surface area contributed by atoms with E-state index in [1.54, 1.807) is 0 Å². The van der Waals surface area contributed by atoms with Gasteiger partial charge in [0.25, 0.3) is 0 Å². The minimum absolute atomic E-state index is 0.373. The van der Waals surface area contributed by atoms with Gasteiger partial charge in [0, 0.05) is 10.6 Å². The minimum atomic E-state index is 0.373. The normalized spacial score (nSPS) is 10.7. The molecule has 1 aromatic carbocycles. The van der Waals surface area contributed by atoms with Crippen molar-refractivity contribution in [2.24, 2.45) is 5.11 Å². The Balaban J connectivity index is 3.53. The van der Waals surface area contributed by atoms with Crippen LogP contribution in [-0.4, -0.2) is 0 Å². The van der Waals surface area contributed by atoms with Crippen molar-refractivity contribution in [3.05, 3.63) is 39.3 Å². The summed E-state index contributed by atoms with van der Waals surface area (Å²) in [6, 6.07) is 4.22. The second-order valence-electron chi connectivity index (χ2n) is 4.79. The average molecular weight is 217 g/mol. The zero-order chi connectivity index (χ0) is 12.3. The van der Waals surface area contributed by atoms with Crippen LogP contribution in [-0.2, 0) is 0 Å². The molecule has 0 heterocycles. The molecule has 0 amide bonds. The Bertz CT molecular complexity index is 398. The predicted molar refractivity (Wildman–Crippen MR) is 68.2 cm³/mol. The molecule has 0 radical (unpaired) electrons. The molecule has 86 valence electrons. The number of hydrogen-bond donors (Lipinski definition) is 0. The number of aryl methyl sites for hydroxylation is 1. The van der Waals surface area contributed by atoms with Gasteiger partial charge in [-0.05, 0) is 35.4 Å². The van der Waals surface area contributed by atoms with Crippen molar-refractivity contribution in [2.75, 3.05) is 0 Å². The van der Waals surface area contributed by atoms with E-state index in [9.17, 15) is 0 Å². The highest BCUT2D eigenvalue weighted by Crippen LogP contribution is 2.35. The fourth-order valence-electron chi connectivity index (χ4n) is 1.88. The molecule has 0 aliphatic heterocycles.